The van der Waals surface area contributed by atoms with E-state index in [9.17, 15) is 8.42 Å². The number of sulfonamides is 1. The number of nitrogens with two attached hydrogens (primary N) is 1. The van der Waals surface area contributed by atoms with Crippen molar-refractivity contribution in [3.63, 3.8) is 0 Å². The van der Waals surface area contributed by atoms with E-state index in [0.29, 0.717) is 5.56 Å². The van der Waals surface area contributed by atoms with Gasteiger partial charge in [-0.15, -0.1) is 0 Å². The van der Waals surface area contributed by atoms with Crippen LogP contribution in [0.15, 0.2) is 29.2 Å². The summed E-state index contributed by atoms with van der Waals surface area (Å²) >= 11 is 0. The van der Waals surface area contributed by atoms with Crippen molar-refractivity contribution in [3.05, 3.63) is 29.8 Å². The van der Waals surface area contributed by atoms with Crippen LogP contribution < -0.4 is 10.5 Å². The van der Waals surface area contributed by atoms with Crippen molar-refractivity contribution in [3.8, 4) is 6.07 Å². The van der Waals surface area contributed by atoms with Gasteiger partial charge in [0.2, 0.25) is 10.0 Å². The molecule has 1 aromatic rings. The fraction of sp³-hybridized carbons (Fsp3) is 0.417. The first-order valence-corrected chi connectivity index (χ1v) is 7.23. The predicted molar refractivity (Wildman–Crippen MR) is 69.2 cm³/mol. The topological polar surface area (TPSA) is 96.0 Å². The van der Waals surface area contributed by atoms with Crippen LogP contribution in [0.5, 0.6) is 0 Å². The van der Waals surface area contributed by atoms with Gasteiger partial charge in [-0.1, -0.05) is 13.3 Å². The van der Waals surface area contributed by atoms with Crippen LogP contribution in [0.25, 0.3) is 0 Å². The second kappa shape index (κ2) is 6.50. The molecule has 0 heterocycles. The van der Waals surface area contributed by atoms with Crippen LogP contribution in [0.1, 0.15) is 25.3 Å². The van der Waals surface area contributed by atoms with E-state index in [1.165, 1.54) is 24.3 Å². The van der Waals surface area contributed by atoms with Crippen molar-refractivity contribution in [1.82, 2.24) is 4.72 Å². The molecule has 0 bridgehead atoms. The molecule has 0 amide bonds. The highest BCUT2D eigenvalue weighted by molar-refractivity contribution is 7.89. The van der Waals surface area contributed by atoms with E-state index in [2.05, 4.69) is 4.72 Å². The Morgan fingerprint density at radius 3 is 2.50 bits per heavy atom. The zero-order chi connectivity index (χ0) is 13.6. The molecule has 0 radical (unpaired) electrons. The molecule has 18 heavy (non-hydrogen) atoms. The monoisotopic (exact) mass is 267 g/mol. The van der Waals surface area contributed by atoms with E-state index in [4.69, 9.17) is 11.0 Å². The molecule has 0 spiro atoms. The molecule has 0 saturated heterocycles. The molecule has 3 N–H and O–H groups in total. The van der Waals surface area contributed by atoms with Gasteiger partial charge in [-0.25, -0.2) is 13.1 Å². The Labute approximate surface area is 108 Å². The van der Waals surface area contributed by atoms with Gasteiger partial charge in [0.05, 0.1) is 16.5 Å². The van der Waals surface area contributed by atoms with Crippen molar-refractivity contribution < 1.29 is 8.42 Å². The highest BCUT2D eigenvalue weighted by Gasteiger charge is 2.14. The van der Waals surface area contributed by atoms with E-state index in [0.717, 1.165) is 12.8 Å². The molecule has 1 atom stereocenters. The number of nitrogens with one attached hydrogen (secondary N) is 1. The summed E-state index contributed by atoms with van der Waals surface area (Å²) < 4.78 is 26.2. The predicted octanol–water partition coefficient (Wildman–Crippen LogP) is 0.964. The summed E-state index contributed by atoms with van der Waals surface area (Å²) in [5.74, 6) is 0. The summed E-state index contributed by atoms with van der Waals surface area (Å²) in [6, 6.07) is 7.52. The van der Waals surface area contributed by atoms with Crippen LogP contribution in [0.2, 0.25) is 0 Å². The number of benzene rings is 1. The van der Waals surface area contributed by atoms with Crippen LogP contribution in [-0.4, -0.2) is 21.0 Å². The molecular weight excluding hydrogens is 250 g/mol. The third-order valence-electron chi connectivity index (χ3n) is 2.49. The van der Waals surface area contributed by atoms with E-state index >= 15 is 0 Å². The third-order valence-corrected chi connectivity index (χ3v) is 3.93. The zero-order valence-corrected chi connectivity index (χ0v) is 11.1. The Balaban J connectivity index is 2.71. The van der Waals surface area contributed by atoms with Crippen LogP contribution in [0.3, 0.4) is 0 Å². The Kier molecular flexibility index (Phi) is 5.28. The number of hydrogen-bond acceptors (Lipinski definition) is 4. The molecule has 5 nitrogen and oxygen atoms in total. The molecule has 98 valence electrons. The molecule has 1 rings (SSSR count). The lowest BCUT2D eigenvalue weighted by Crippen LogP contribution is -2.37. The maximum Gasteiger partial charge on any atom is 0.240 e. The van der Waals surface area contributed by atoms with Gasteiger partial charge in [0.25, 0.3) is 0 Å². The van der Waals surface area contributed by atoms with Gasteiger partial charge < -0.3 is 5.73 Å². The van der Waals surface area contributed by atoms with Gasteiger partial charge in [-0.05, 0) is 30.7 Å². The van der Waals surface area contributed by atoms with Gasteiger partial charge >= 0.3 is 0 Å². The first kappa shape index (κ1) is 14.6. The van der Waals surface area contributed by atoms with Gasteiger partial charge in [-0.3, -0.25) is 0 Å². The molecule has 0 saturated carbocycles. The fourth-order valence-corrected chi connectivity index (χ4v) is 2.58. The first-order valence-electron chi connectivity index (χ1n) is 5.75. The molecule has 0 fully saturated rings. The number of nitriles is 1. The largest absolute Gasteiger partial charge is 0.327 e. The maximum atomic E-state index is 11.9. The number of hydrogen-bond donors (Lipinski definition) is 2. The molecule has 0 aliphatic carbocycles. The first-order chi connectivity index (χ1) is 8.49. The summed E-state index contributed by atoms with van der Waals surface area (Å²) in [5.41, 5.74) is 6.17. The van der Waals surface area contributed by atoms with Crippen molar-refractivity contribution in [2.24, 2.45) is 5.73 Å². The highest BCUT2D eigenvalue weighted by Crippen LogP contribution is 2.09. The lowest BCUT2D eigenvalue weighted by molar-refractivity contribution is 0.553. The Bertz CT molecular complexity index is 517. The molecular formula is C12H17N3O2S. The molecule has 1 aromatic carbocycles. The summed E-state index contributed by atoms with van der Waals surface area (Å²) in [4.78, 5) is 0.144. The smallest absolute Gasteiger partial charge is 0.240 e. The van der Waals surface area contributed by atoms with Gasteiger partial charge in [0.15, 0.2) is 0 Å². The third kappa shape index (κ3) is 4.11. The fourth-order valence-electron chi connectivity index (χ4n) is 1.48. The van der Waals surface area contributed by atoms with Gasteiger partial charge in [0.1, 0.15) is 0 Å². The second-order valence-corrected chi connectivity index (χ2v) is 5.80. The normalized spacial score (nSPS) is 12.9. The van der Waals surface area contributed by atoms with Crippen LogP contribution in [-0.2, 0) is 10.0 Å². The van der Waals surface area contributed by atoms with Gasteiger partial charge in [0, 0.05) is 12.6 Å². The molecule has 0 aliphatic heterocycles. The summed E-state index contributed by atoms with van der Waals surface area (Å²) in [7, 11) is -3.54. The summed E-state index contributed by atoms with van der Waals surface area (Å²) in [6.45, 7) is 2.21. The molecule has 0 aliphatic rings. The minimum Gasteiger partial charge on any atom is -0.327 e. The van der Waals surface area contributed by atoms with E-state index in [-0.39, 0.29) is 17.5 Å². The minimum atomic E-state index is -3.54. The zero-order valence-electron chi connectivity index (χ0n) is 10.3. The lowest BCUT2D eigenvalue weighted by Gasteiger charge is -2.12. The maximum absolute atomic E-state index is 11.9. The molecule has 0 unspecified atom stereocenters. The van der Waals surface area contributed by atoms with Crippen LogP contribution in [0.4, 0.5) is 0 Å². The molecule has 0 aromatic heterocycles. The van der Waals surface area contributed by atoms with Crippen molar-refractivity contribution in [2.45, 2.75) is 30.7 Å². The molecule has 6 heteroatoms. The van der Waals surface area contributed by atoms with Crippen molar-refractivity contribution in [1.29, 1.82) is 5.26 Å². The van der Waals surface area contributed by atoms with Crippen molar-refractivity contribution >= 4 is 10.0 Å². The van der Waals surface area contributed by atoms with Crippen LogP contribution >= 0.6 is 0 Å². The SMILES string of the molecule is CCC[C@@H](N)CNS(=O)(=O)c1ccc(C#N)cc1. The number of rotatable bonds is 6. The van der Waals surface area contributed by atoms with Crippen molar-refractivity contribution in [2.75, 3.05) is 6.54 Å². The average Bonchev–Trinajstić information content (AvgIpc) is 2.37. The minimum absolute atomic E-state index is 0.144. The average molecular weight is 267 g/mol. The second-order valence-electron chi connectivity index (χ2n) is 4.04. The van der Waals surface area contributed by atoms with Crippen LogP contribution in [0, 0.1) is 11.3 Å². The standard InChI is InChI=1S/C12H17N3O2S/c1-2-3-11(14)9-15-18(16,17)12-6-4-10(8-13)5-7-12/h4-7,11,15H,2-3,9,14H2,1H3/t11-/m1/s1. The number of nitrogens with zero attached hydrogens (tertiary/aromatic N) is 1. The van der Waals surface area contributed by atoms with E-state index < -0.39 is 10.0 Å². The Morgan fingerprint density at radius 1 is 1.39 bits per heavy atom. The van der Waals surface area contributed by atoms with Gasteiger partial charge in [-0.2, -0.15) is 5.26 Å². The Hall–Kier alpha value is -1.42. The lowest BCUT2D eigenvalue weighted by atomic mass is 10.2. The summed E-state index contributed by atoms with van der Waals surface area (Å²) in [5, 5.41) is 8.63. The summed E-state index contributed by atoms with van der Waals surface area (Å²) in [6.07, 6.45) is 1.69. The van der Waals surface area contributed by atoms with E-state index in [1.807, 2.05) is 13.0 Å². The highest BCUT2D eigenvalue weighted by atomic mass is 32.2. The van der Waals surface area contributed by atoms with E-state index in [1.54, 1.807) is 0 Å². The Morgan fingerprint density at radius 2 is 2.00 bits per heavy atom. The quantitative estimate of drug-likeness (QED) is 0.802.